The van der Waals surface area contributed by atoms with Crippen LogP contribution in [0.1, 0.15) is 32.0 Å². The minimum atomic E-state index is -0.921. The molecule has 1 aromatic rings. The van der Waals surface area contributed by atoms with E-state index in [1.54, 1.807) is 6.20 Å². The van der Waals surface area contributed by atoms with Crippen LogP contribution in [-0.4, -0.2) is 36.7 Å². The first kappa shape index (κ1) is 16.4. The molecule has 2 rings (SSSR count). The zero-order valence-corrected chi connectivity index (χ0v) is 13.3. The van der Waals surface area contributed by atoms with Gasteiger partial charge in [0.1, 0.15) is 5.54 Å². The van der Waals surface area contributed by atoms with Gasteiger partial charge >= 0.3 is 11.9 Å². The fourth-order valence-electron chi connectivity index (χ4n) is 3.07. The lowest BCUT2D eigenvalue weighted by Crippen LogP contribution is -2.53. The van der Waals surface area contributed by atoms with Crippen LogP contribution in [0.4, 0.5) is 0 Å². The molecule has 0 bridgehead atoms. The monoisotopic (exact) mass is 306 g/mol. The van der Waals surface area contributed by atoms with Gasteiger partial charge in [0, 0.05) is 6.20 Å². The van der Waals surface area contributed by atoms with Crippen molar-refractivity contribution in [1.82, 2.24) is 10.3 Å². The van der Waals surface area contributed by atoms with Gasteiger partial charge in [0.05, 0.1) is 31.9 Å². The zero-order valence-electron chi connectivity index (χ0n) is 13.3. The third-order valence-corrected chi connectivity index (χ3v) is 4.40. The number of aromatic nitrogens is 1. The van der Waals surface area contributed by atoms with E-state index >= 15 is 0 Å². The number of hydrogen-bond acceptors (Lipinski definition) is 6. The SMILES string of the molecule is COC(=O)[C@@H]1C[C@@](C(=O)OC)(C(C)C)N[C@@H]1c1ccccn1. The van der Waals surface area contributed by atoms with Crippen molar-refractivity contribution < 1.29 is 19.1 Å². The van der Waals surface area contributed by atoms with Gasteiger partial charge in [0.2, 0.25) is 0 Å². The van der Waals surface area contributed by atoms with Crippen LogP contribution in [0.25, 0.3) is 0 Å². The minimum Gasteiger partial charge on any atom is -0.469 e. The van der Waals surface area contributed by atoms with Crippen molar-refractivity contribution in [2.24, 2.45) is 11.8 Å². The molecule has 0 saturated carbocycles. The van der Waals surface area contributed by atoms with E-state index < -0.39 is 11.5 Å². The lowest BCUT2D eigenvalue weighted by Gasteiger charge is -2.31. The Hall–Kier alpha value is -1.95. The van der Waals surface area contributed by atoms with Crippen LogP contribution in [0.3, 0.4) is 0 Å². The summed E-state index contributed by atoms with van der Waals surface area (Å²) in [4.78, 5) is 28.8. The average molecular weight is 306 g/mol. The molecule has 0 unspecified atom stereocenters. The van der Waals surface area contributed by atoms with Gasteiger partial charge in [-0.2, -0.15) is 0 Å². The zero-order chi connectivity index (χ0) is 16.3. The van der Waals surface area contributed by atoms with E-state index in [4.69, 9.17) is 9.47 Å². The van der Waals surface area contributed by atoms with Gasteiger partial charge in [0.25, 0.3) is 0 Å². The third-order valence-electron chi connectivity index (χ3n) is 4.40. The van der Waals surface area contributed by atoms with E-state index in [9.17, 15) is 9.59 Å². The average Bonchev–Trinajstić information content (AvgIpc) is 2.96. The Morgan fingerprint density at radius 1 is 1.32 bits per heavy atom. The summed E-state index contributed by atoms with van der Waals surface area (Å²) >= 11 is 0. The number of carbonyl (C=O) groups is 2. The highest BCUT2D eigenvalue weighted by atomic mass is 16.5. The standard InChI is InChI=1S/C16H22N2O4/c1-10(2)16(15(20)22-4)9-11(14(19)21-3)13(18-16)12-7-5-6-8-17-12/h5-8,10-11,13,18H,9H2,1-4H3/t11-,13+,16+/m1/s1. The predicted octanol–water partition coefficient (Wildman–Crippen LogP) is 1.47. The molecule has 1 aromatic heterocycles. The smallest absolute Gasteiger partial charge is 0.326 e. The maximum absolute atomic E-state index is 12.4. The van der Waals surface area contributed by atoms with Gasteiger partial charge in [-0.25, -0.2) is 0 Å². The molecule has 0 amide bonds. The van der Waals surface area contributed by atoms with Crippen molar-refractivity contribution in [3.05, 3.63) is 30.1 Å². The van der Waals surface area contributed by atoms with Crippen LogP contribution >= 0.6 is 0 Å². The maximum Gasteiger partial charge on any atom is 0.326 e. The Morgan fingerprint density at radius 3 is 2.55 bits per heavy atom. The van der Waals surface area contributed by atoms with Crippen LogP contribution in [0.2, 0.25) is 0 Å². The molecule has 1 saturated heterocycles. The van der Waals surface area contributed by atoms with Crippen molar-refractivity contribution in [1.29, 1.82) is 0 Å². The van der Waals surface area contributed by atoms with Crippen molar-refractivity contribution in [2.75, 3.05) is 14.2 Å². The van der Waals surface area contributed by atoms with E-state index in [-0.39, 0.29) is 23.9 Å². The summed E-state index contributed by atoms with van der Waals surface area (Å²) < 4.78 is 9.88. The van der Waals surface area contributed by atoms with Gasteiger partial charge in [-0.3, -0.25) is 19.9 Å². The molecule has 1 fully saturated rings. The number of ether oxygens (including phenoxy) is 2. The number of methoxy groups -OCH3 is 2. The molecule has 1 N–H and O–H groups in total. The Labute approximate surface area is 130 Å². The summed E-state index contributed by atoms with van der Waals surface area (Å²) in [6.45, 7) is 3.86. The van der Waals surface area contributed by atoms with Gasteiger partial charge in [-0.15, -0.1) is 0 Å². The quantitative estimate of drug-likeness (QED) is 0.849. The first-order chi connectivity index (χ1) is 10.5. The molecular weight excluding hydrogens is 284 g/mol. The van der Waals surface area contributed by atoms with E-state index in [1.165, 1.54) is 14.2 Å². The molecule has 3 atom stereocenters. The van der Waals surface area contributed by atoms with Gasteiger partial charge in [-0.05, 0) is 24.5 Å². The number of carbonyl (C=O) groups excluding carboxylic acids is 2. The molecule has 1 aliphatic heterocycles. The number of rotatable bonds is 4. The Kier molecular flexibility index (Phi) is 4.81. The molecule has 0 aromatic carbocycles. The van der Waals surface area contributed by atoms with E-state index in [0.717, 1.165) is 0 Å². The van der Waals surface area contributed by atoms with Crippen LogP contribution in [0.5, 0.6) is 0 Å². The second-order valence-electron chi connectivity index (χ2n) is 5.83. The Bertz CT molecular complexity index is 546. The van der Waals surface area contributed by atoms with Crippen LogP contribution in [0.15, 0.2) is 24.4 Å². The van der Waals surface area contributed by atoms with E-state index in [2.05, 4.69) is 10.3 Å². The van der Waals surface area contributed by atoms with Crippen LogP contribution < -0.4 is 5.32 Å². The van der Waals surface area contributed by atoms with Crippen molar-refractivity contribution in [2.45, 2.75) is 31.8 Å². The van der Waals surface area contributed by atoms with Gasteiger partial charge in [-0.1, -0.05) is 19.9 Å². The Morgan fingerprint density at radius 2 is 2.05 bits per heavy atom. The fourth-order valence-corrected chi connectivity index (χ4v) is 3.07. The van der Waals surface area contributed by atoms with E-state index in [0.29, 0.717) is 12.1 Å². The molecule has 0 radical (unpaired) electrons. The topological polar surface area (TPSA) is 77.5 Å². The molecular formula is C16H22N2O4. The highest BCUT2D eigenvalue weighted by Crippen LogP contribution is 2.42. The first-order valence-corrected chi connectivity index (χ1v) is 7.31. The number of esters is 2. The lowest BCUT2D eigenvalue weighted by molar-refractivity contribution is -0.150. The number of nitrogens with zero attached hydrogens (tertiary/aromatic N) is 1. The maximum atomic E-state index is 12.4. The molecule has 6 nitrogen and oxygen atoms in total. The summed E-state index contributed by atoms with van der Waals surface area (Å²) in [5.74, 6) is -1.24. The number of pyridine rings is 1. The summed E-state index contributed by atoms with van der Waals surface area (Å²) in [7, 11) is 2.71. The second kappa shape index (κ2) is 6.44. The molecule has 22 heavy (non-hydrogen) atoms. The van der Waals surface area contributed by atoms with Gasteiger partial charge < -0.3 is 9.47 Å². The van der Waals surface area contributed by atoms with Crippen molar-refractivity contribution in [3.63, 3.8) is 0 Å². The second-order valence-corrected chi connectivity index (χ2v) is 5.83. The molecule has 6 heteroatoms. The number of hydrogen-bond donors (Lipinski definition) is 1. The Balaban J connectivity index is 2.43. The van der Waals surface area contributed by atoms with Crippen molar-refractivity contribution >= 4 is 11.9 Å². The largest absolute Gasteiger partial charge is 0.469 e. The lowest BCUT2D eigenvalue weighted by atomic mass is 9.82. The normalized spacial score (nSPS) is 27.7. The summed E-state index contributed by atoms with van der Waals surface area (Å²) in [5, 5.41) is 3.30. The minimum absolute atomic E-state index is 0.0409. The molecule has 120 valence electrons. The summed E-state index contributed by atoms with van der Waals surface area (Å²) in [6.07, 6.45) is 1.99. The van der Waals surface area contributed by atoms with Crippen LogP contribution in [0, 0.1) is 11.8 Å². The van der Waals surface area contributed by atoms with E-state index in [1.807, 2.05) is 32.0 Å². The fraction of sp³-hybridized carbons (Fsp3) is 0.562. The molecule has 1 aliphatic rings. The van der Waals surface area contributed by atoms with Crippen molar-refractivity contribution in [3.8, 4) is 0 Å². The highest BCUT2D eigenvalue weighted by Gasteiger charge is 2.55. The third kappa shape index (κ3) is 2.70. The van der Waals surface area contributed by atoms with Crippen LogP contribution in [-0.2, 0) is 19.1 Å². The van der Waals surface area contributed by atoms with Gasteiger partial charge in [0.15, 0.2) is 0 Å². The highest BCUT2D eigenvalue weighted by molar-refractivity contribution is 5.84. The first-order valence-electron chi connectivity index (χ1n) is 7.31. The molecule has 0 aliphatic carbocycles. The molecule has 2 heterocycles. The molecule has 0 spiro atoms. The summed E-state index contributed by atoms with van der Waals surface area (Å²) in [5.41, 5.74) is -0.208. The summed E-state index contributed by atoms with van der Waals surface area (Å²) in [6, 6.07) is 5.12. The number of nitrogens with one attached hydrogen (secondary N) is 1. The predicted molar refractivity (Wildman–Crippen MR) is 79.8 cm³/mol.